The lowest BCUT2D eigenvalue weighted by atomic mass is 9.87. The average molecular weight is 574 g/mol. The molecular weight excluding hydrogens is 534 g/mol. The van der Waals surface area contributed by atoms with Crippen LogP contribution in [0.4, 0.5) is 10.5 Å². The number of nitrogens with zero attached hydrogens (tertiary/aromatic N) is 1. The largest absolute Gasteiger partial charge is 0.508 e. The molecule has 0 aromatic heterocycles. The second kappa shape index (κ2) is 13.0. The number of hydrogen-bond acceptors (Lipinski definition) is 6. The van der Waals surface area contributed by atoms with Crippen molar-refractivity contribution < 1.29 is 29.3 Å². The van der Waals surface area contributed by atoms with Gasteiger partial charge in [-0.15, -0.1) is 0 Å². The number of nitrogens with one attached hydrogen (secondary N) is 2. The highest BCUT2D eigenvalue weighted by Crippen LogP contribution is 2.35. The van der Waals surface area contributed by atoms with E-state index < -0.39 is 35.6 Å². The molecule has 4 N–H and O–H groups in total. The summed E-state index contributed by atoms with van der Waals surface area (Å²) in [4.78, 5) is 43.1. The van der Waals surface area contributed by atoms with Crippen LogP contribution in [0.3, 0.4) is 0 Å². The molecule has 4 rings (SSSR count). The number of rotatable bonds is 9. The lowest BCUT2D eigenvalue weighted by Crippen LogP contribution is -2.57. The molecule has 9 heteroatoms. The molecule has 9 nitrogen and oxygen atoms in total. The molecule has 1 saturated carbocycles. The highest BCUT2D eigenvalue weighted by Gasteiger charge is 2.42. The van der Waals surface area contributed by atoms with Gasteiger partial charge in [0.15, 0.2) is 0 Å². The molecule has 1 aliphatic carbocycles. The van der Waals surface area contributed by atoms with Gasteiger partial charge in [0.05, 0.1) is 0 Å². The molecule has 0 spiro atoms. The van der Waals surface area contributed by atoms with Crippen molar-refractivity contribution in [3.63, 3.8) is 0 Å². The van der Waals surface area contributed by atoms with E-state index in [4.69, 9.17) is 4.74 Å². The van der Waals surface area contributed by atoms with Crippen LogP contribution >= 0.6 is 0 Å². The minimum Gasteiger partial charge on any atom is -0.508 e. The van der Waals surface area contributed by atoms with Crippen LogP contribution in [0.5, 0.6) is 11.5 Å². The normalized spacial score (nSPS) is 14.7. The van der Waals surface area contributed by atoms with Crippen LogP contribution < -0.4 is 10.6 Å². The number of benzene rings is 3. The van der Waals surface area contributed by atoms with Gasteiger partial charge >= 0.3 is 6.09 Å². The maximum Gasteiger partial charge on any atom is 0.408 e. The maximum atomic E-state index is 14.5. The molecule has 1 fully saturated rings. The Morgan fingerprint density at radius 3 is 2.24 bits per heavy atom. The number of hydrogen-bond donors (Lipinski definition) is 4. The van der Waals surface area contributed by atoms with Gasteiger partial charge in [-0.3, -0.25) is 9.59 Å². The second-order valence-corrected chi connectivity index (χ2v) is 11.7. The molecule has 2 unspecified atom stereocenters. The predicted molar refractivity (Wildman–Crippen MR) is 160 cm³/mol. The first-order valence-electron chi connectivity index (χ1n) is 14.2. The predicted octanol–water partition coefficient (Wildman–Crippen LogP) is 5.60. The molecule has 42 heavy (non-hydrogen) atoms. The molecule has 3 aromatic carbocycles. The zero-order valence-corrected chi connectivity index (χ0v) is 24.5. The minimum absolute atomic E-state index is 0.0327. The number of para-hydroxylation sites is 1. The van der Waals surface area contributed by atoms with Gasteiger partial charge in [-0.25, -0.2) is 4.79 Å². The summed E-state index contributed by atoms with van der Waals surface area (Å²) in [6.07, 6.45) is 1.62. The average Bonchev–Trinajstić information content (AvgIpc) is 2.88. The number of alkyl carbamates (subject to hydrolysis) is 1. The van der Waals surface area contributed by atoms with Crippen LogP contribution in [0.25, 0.3) is 0 Å². The zero-order chi connectivity index (χ0) is 30.4. The van der Waals surface area contributed by atoms with E-state index in [1.54, 1.807) is 56.0 Å². The Morgan fingerprint density at radius 2 is 1.64 bits per heavy atom. The number of phenols is 2. The highest BCUT2D eigenvalue weighted by atomic mass is 16.6. The van der Waals surface area contributed by atoms with Crippen molar-refractivity contribution in [2.75, 3.05) is 5.32 Å². The SMILES string of the molecule is Cc1ccccc1NC(=O)C(c1cccc(O)c1)N(C(=O)C(Cc1ccc(O)cc1)NC(=O)OC(C)(C)C)C1CCC1. The number of carbonyl (C=O) groups excluding carboxylic acids is 3. The molecule has 3 amide bonds. The Hall–Kier alpha value is -4.53. The van der Waals surface area contributed by atoms with E-state index in [9.17, 15) is 24.6 Å². The quantitative estimate of drug-likeness (QED) is 0.264. The Balaban J connectivity index is 1.75. The van der Waals surface area contributed by atoms with Crippen LogP contribution in [0.2, 0.25) is 0 Å². The van der Waals surface area contributed by atoms with Gasteiger partial charge in [-0.2, -0.15) is 0 Å². The Bertz CT molecular complexity index is 1410. The van der Waals surface area contributed by atoms with E-state index in [1.165, 1.54) is 24.3 Å². The summed E-state index contributed by atoms with van der Waals surface area (Å²) in [6.45, 7) is 7.08. The van der Waals surface area contributed by atoms with Gasteiger partial charge < -0.3 is 30.5 Å². The van der Waals surface area contributed by atoms with Gasteiger partial charge in [0.1, 0.15) is 29.2 Å². The van der Waals surface area contributed by atoms with Crippen molar-refractivity contribution in [2.45, 2.75) is 77.1 Å². The molecule has 0 radical (unpaired) electrons. The topological polar surface area (TPSA) is 128 Å². The zero-order valence-electron chi connectivity index (χ0n) is 24.5. The Kier molecular flexibility index (Phi) is 9.40. The van der Waals surface area contributed by atoms with Crippen LogP contribution in [0.1, 0.15) is 62.8 Å². The fourth-order valence-corrected chi connectivity index (χ4v) is 4.93. The van der Waals surface area contributed by atoms with Crippen molar-refractivity contribution in [1.29, 1.82) is 0 Å². The van der Waals surface area contributed by atoms with Gasteiger partial charge in [0.25, 0.3) is 5.91 Å². The Labute approximate surface area is 246 Å². The lowest BCUT2D eigenvalue weighted by Gasteiger charge is -2.43. The molecule has 0 heterocycles. The summed E-state index contributed by atoms with van der Waals surface area (Å²) < 4.78 is 5.48. The molecule has 0 saturated heterocycles. The number of ether oxygens (including phenoxy) is 1. The number of amides is 3. The first kappa shape index (κ1) is 30.4. The van der Waals surface area contributed by atoms with Crippen molar-refractivity contribution in [1.82, 2.24) is 10.2 Å². The maximum absolute atomic E-state index is 14.5. The summed E-state index contributed by atoms with van der Waals surface area (Å²) in [5.41, 5.74) is 1.83. The van der Waals surface area contributed by atoms with Crippen LogP contribution in [0.15, 0.2) is 72.8 Å². The van der Waals surface area contributed by atoms with E-state index in [0.717, 1.165) is 12.0 Å². The standard InChI is InChI=1S/C33H39N3O6/c1-21-9-5-6-14-27(21)34-30(39)29(23-10-7-13-26(38)20-23)36(24-11-8-12-24)31(40)28(35-32(41)42-33(2,3)4)19-22-15-17-25(37)18-16-22/h5-7,9-10,13-18,20,24,28-29,37-38H,8,11-12,19H2,1-4H3,(H,34,39)(H,35,41). The molecule has 222 valence electrons. The smallest absolute Gasteiger partial charge is 0.408 e. The highest BCUT2D eigenvalue weighted by molar-refractivity contribution is 5.99. The van der Waals surface area contributed by atoms with Crippen molar-refractivity contribution in [2.24, 2.45) is 0 Å². The van der Waals surface area contributed by atoms with Crippen LogP contribution in [-0.4, -0.2) is 50.7 Å². The summed E-state index contributed by atoms with van der Waals surface area (Å²) in [5.74, 6) is -0.841. The first-order chi connectivity index (χ1) is 19.9. The summed E-state index contributed by atoms with van der Waals surface area (Å²) in [7, 11) is 0. The van der Waals surface area contributed by atoms with Crippen molar-refractivity contribution in [3.8, 4) is 11.5 Å². The van der Waals surface area contributed by atoms with Gasteiger partial charge in [-0.05, 0) is 94.0 Å². The second-order valence-electron chi connectivity index (χ2n) is 11.7. The van der Waals surface area contributed by atoms with Crippen LogP contribution in [-0.2, 0) is 20.7 Å². The third-order valence-electron chi connectivity index (χ3n) is 7.20. The van der Waals surface area contributed by atoms with E-state index in [2.05, 4.69) is 10.6 Å². The molecule has 1 aliphatic rings. The van der Waals surface area contributed by atoms with E-state index in [1.807, 2.05) is 25.1 Å². The molecule has 0 aliphatic heterocycles. The molecule has 3 aromatic rings. The third-order valence-corrected chi connectivity index (χ3v) is 7.20. The fraction of sp³-hybridized carbons (Fsp3) is 0.364. The molecular formula is C33H39N3O6. The first-order valence-corrected chi connectivity index (χ1v) is 14.2. The number of aryl methyl sites for hydroxylation is 1. The van der Waals surface area contributed by atoms with Crippen LogP contribution in [0, 0.1) is 6.92 Å². The van der Waals surface area contributed by atoms with Gasteiger partial charge in [-0.1, -0.05) is 42.5 Å². The minimum atomic E-state index is -1.09. The molecule has 0 bridgehead atoms. The number of aromatic hydroxyl groups is 2. The third kappa shape index (κ3) is 7.81. The lowest BCUT2D eigenvalue weighted by molar-refractivity contribution is -0.145. The van der Waals surface area contributed by atoms with E-state index >= 15 is 0 Å². The molecule has 2 atom stereocenters. The van der Waals surface area contributed by atoms with E-state index in [-0.39, 0.29) is 24.0 Å². The fourth-order valence-electron chi connectivity index (χ4n) is 4.93. The van der Waals surface area contributed by atoms with Crippen molar-refractivity contribution in [3.05, 3.63) is 89.5 Å². The van der Waals surface area contributed by atoms with E-state index in [0.29, 0.717) is 29.7 Å². The summed E-state index contributed by atoms with van der Waals surface area (Å²) in [6, 6.07) is 17.7. The van der Waals surface area contributed by atoms with Crippen molar-refractivity contribution >= 4 is 23.6 Å². The summed E-state index contributed by atoms with van der Waals surface area (Å²) in [5, 5.41) is 25.8. The number of phenolic OH excluding ortho intramolecular Hbond substituents is 2. The monoisotopic (exact) mass is 573 g/mol. The number of carbonyl (C=O) groups is 3. The Morgan fingerprint density at radius 1 is 0.952 bits per heavy atom. The number of anilines is 1. The summed E-state index contributed by atoms with van der Waals surface area (Å²) >= 11 is 0. The van der Waals surface area contributed by atoms with Gasteiger partial charge in [0.2, 0.25) is 5.91 Å². The van der Waals surface area contributed by atoms with Gasteiger partial charge in [0, 0.05) is 18.2 Å².